The first kappa shape index (κ1) is 16.0. The summed E-state index contributed by atoms with van der Waals surface area (Å²) in [5.41, 5.74) is 0.626. The van der Waals surface area contributed by atoms with Crippen LogP contribution in [0.4, 0.5) is 0 Å². The number of carbonyl (C=O) groups is 1. The minimum absolute atomic E-state index is 0.0104. The van der Waals surface area contributed by atoms with E-state index in [0.717, 1.165) is 39.0 Å². The Morgan fingerprint density at radius 2 is 2.19 bits per heavy atom. The topological polar surface area (TPSA) is 59.4 Å². The van der Waals surface area contributed by atoms with Crippen LogP contribution < -0.4 is 5.32 Å². The Morgan fingerprint density at radius 3 is 2.81 bits per heavy atom. The Morgan fingerprint density at radius 1 is 1.48 bits per heavy atom. The summed E-state index contributed by atoms with van der Waals surface area (Å²) in [7, 11) is 4.14. The zero-order chi connectivity index (χ0) is 15.3. The standard InChI is InChI=1S/C15H26N4O2/c1-4-9-19-13(5-8-17-19)14(20)16-12-15(18(2)3)6-10-21-11-7-15/h5,8H,4,6-7,9-12H2,1-3H3,(H,16,20). The zero-order valence-electron chi connectivity index (χ0n) is 13.3. The van der Waals surface area contributed by atoms with Gasteiger partial charge in [0.25, 0.3) is 5.91 Å². The van der Waals surface area contributed by atoms with Crippen LogP contribution in [-0.4, -0.2) is 60.0 Å². The van der Waals surface area contributed by atoms with E-state index in [4.69, 9.17) is 4.74 Å². The van der Waals surface area contributed by atoms with E-state index in [9.17, 15) is 4.79 Å². The van der Waals surface area contributed by atoms with Gasteiger partial charge in [-0.05, 0) is 39.4 Å². The summed E-state index contributed by atoms with van der Waals surface area (Å²) >= 11 is 0. The molecule has 1 aromatic heterocycles. The molecule has 2 heterocycles. The summed E-state index contributed by atoms with van der Waals surface area (Å²) in [6.45, 7) is 4.98. The Hall–Kier alpha value is -1.40. The highest BCUT2D eigenvalue weighted by atomic mass is 16.5. The van der Waals surface area contributed by atoms with Gasteiger partial charge in [0, 0.05) is 38.0 Å². The van der Waals surface area contributed by atoms with Crippen LogP contribution in [0.3, 0.4) is 0 Å². The number of ether oxygens (including phenoxy) is 1. The average Bonchev–Trinajstić information content (AvgIpc) is 2.94. The maximum absolute atomic E-state index is 12.4. The van der Waals surface area contributed by atoms with Crippen molar-refractivity contribution in [3.05, 3.63) is 18.0 Å². The van der Waals surface area contributed by atoms with Crippen LogP contribution >= 0.6 is 0 Å². The third-order valence-corrected chi connectivity index (χ3v) is 4.33. The Kier molecular flexibility index (Phi) is 5.36. The van der Waals surface area contributed by atoms with Crippen molar-refractivity contribution >= 4 is 5.91 Å². The average molecular weight is 294 g/mol. The largest absolute Gasteiger partial charge is 0.381 e. The Labute approximate surface area is 126 Å². The first-order chi connectivity index (χ1) is 10.1. The number of nitrogens with zero attached hydrogens (tertiary/aromatic N) is 3. The molecular formula is C15H26N4O2. The highest BCUT2D eigenvalue weighted by molar-refractivity contribution is 5.92. The summed E-state index contributed by atoms with van der Waals surface area (Å²) in [6.07, 6.45) is 4.52. The van der Waals surface area contributed by atoms with Crippen LogP contribution in [0.5, 0.6) is 0 Å². The lowest BCUT2D eigenvalue weighted by Gasteiger charge is -2.42. The second-order valence-electron chi connectivity index (χ2n) is 5.85. The number of carbonyl (C=O) groups excluding carboxylic acids is 1. The molecule has 1 aromatic rings. The number of aryl methyl sites for hydroxylation is 1. The van der Waals surface area contributed by atoms with Crippen molar-refractivity contribution in [1.82, 2.24) is 20.0 Å². The lowest BCUT2D eigenvalue weighted by atomic mass is 9.88. The second kappa shape index (κ2) is 7.04. The van der Waals surface area contributed by atoms with Crippen molar-refractivity contribution in [3.8, 4) is 0 Å². The molecule has 118 valence electrons. The van der Waals surface area contributed by atoms with Gasteiger partial charge in [0.15, 0.2) is 0 Å². The summed E-state index contributed by atoms with van der Waals surface area (Å²) in [6, 6.07) is 1.78. The number of nitrogens with one attached hydrogen (secondary N) is 1. The van der Waals surface area contributed by atoms with Crippen LogP contribution in [0, 0.1) is 0 Å². The molecule has 0 aromatic carbocycles. The summed E-state index contributed by atoms with van der Waals surface area (Å²) in [4.78, 5) is 14.6. The zero-order valence-corrected chi connectivity index (χ0v) is 13.3. The normalized spacial score (nSPS) is 17.9. The number of amides is 1. The molecule has 0 aliphatic carbocycles. The molecule has 1 aliphatic rings. The van der Waals surface area contributed by atoms with Gasteiger partial charge in [0.1, 0.15) is 5.69 Å². The Bertz CT molecular complexity index is 464. The number of hydrogen-bond donors (Lipinski definition) is 1. The van der Waals surface area contributed by atoms with Gasteiger partial charge in [-0.2, -0.15) is 5.10 Å². The molecule has 21 heavy (non-hydrogen) atoms. The van der Waals surface area contributed by atoms with E-state index in [1.54, 1.807) is 16.9 Å². The van der Waals surface area contributed by atoms with Crippen molar-refractivity contribution in [2.75, 3.05) is 33.9 Å². The summed E-state index contributed by atoms with van der Waals surface area (Å²) in [5, 5.41) is 7.28. The molecule has 6 nitrogen and oxygen atoms in total. The predicted octanol–water partition coefficient (Wildman–Crippen LogP) is 1.13. The van der Waals surface area contributed by atoms with Crippen LogP contribution in [0.2, 0.25) is 0 Å². The fourth-order valence-electron chi connectivity index (χ4n) is 2.78. The van der Waals surface area contributed by atoms with E-state index >= 15 is 0 Å². The van der Waals surface area contributed by atoms with E-state index in [-0.39, 0.29) is 11.4 Å². The molecular weight excluding hydrogens is 268 g/mol. The van der Waals surface area contributed by atoms with Gasteiger partial charge in [-0.25, -0.2) is 0 Å². The third kappa shape index (κ3) is 3.63. The fraction of sp³-hybridized carbons (Fsp3) is 0.733. The molecule has 0 atom stereocenters. The highest BCUT2D eigenvalue weighted by Crippen LogP contribution is 2.25. The van der Waals surface area contributed by atoms with Gasteiger partial charge < -0.3 is 15.0 Å². The maximum atomic E-state index is 12.4. The molecule has 1 N–H and O–H groups in total. The molecule has 1 aliphatic heterocycles. The second-order valence-corrected chi connectivity index (χ2v) is 5.85. The minimum Gasteiger partial charge on any atom is -0.381 e. The fourth-order valence-corrected chi connectivity index (χ4v) is 2.78. The van der Waals surface area contributed by atoms with Gasteiger partial charge in [0.2, 0.25) is 0 Å². The van der Waals surface area contributed by atoms with Crippen LogP contribution in [-0.2, 0) is 11.3 Å². The number of rotatable bonds is 6. The van der Waals surface area contributed by atoms with Crippen LogP contribution in [0.15, 0.2) is 12.3 Å². The van der Waals surface area contributed by atoms with Gasteiger partial charge in [-0.3, -0.25) is 9.48 Å². The molecule has 2 rings (SSSR count). The predicted molar refractivity (Wildman–Crippen MR) is 81.3 cm³/mol. The quantitative estimate of drug-likeness (QED) is 0.854. The number of hydrogen-bond acceptors (Lipinski definition) is 4. The lowest BCUT2D eigenvalue weighted by Crippen LogP contribution is -2.55. The van der Waals surface area contributed by atoms with E-state index < -0.39 is 0 Å². The minimum atomic E-state index is -0.0475. The van der Waals surface area contributed by atoms with Gasteiger partial charge in [-0.1, -0.05) is 6.92 Å². The maximum Gasteiger partial charge on any atom is 0.269 e. The molecule has 0 radical (unpaired) electrons. The van der Waals surface area contributed by atoms with Crippen molar-refractivity contribution in [1.29, 1.82) is 0 Å². The third-order valence-electron chi connectivity index (χ3n) is 4.33. The highest BCUT2D eigenvalue weighted by Gasteiger charge is 2.35. The van der Waals surface area contributed by atoms with Gasteiger partial charge in [-0.15, -0.1) is 0 Å². The monoisotopic (exact) mass is 294 g/mol. The molecule has 0 unspecified atom stereocenters. The molecule has 0 saturated carbocycles. The molecule has 1 fully saturated rings. The first-order valence-corrected chi connectivity index (χ1v) is 7.64. The smallest absolute Gasteiger partial charge is 0.269 e. The van der Waals surface area contributed by atoms with Crippen molar-refractivity contribution < 1.29 is 9.53 Å². The van der Waals surface area contributed by atoms with E-state index in [2.05, 4.69) is 36.3 Å². The molecule has 1 amide bonds. The van der Waals surface area contributed by atoms with Crippen LogP contribution in [0.25, 0.3) is 0 Å². The number of aromatic nitrogens is 2. The Balaban J connectivity index is 2.00. The van der Waals surface area contributed by atoms with E-state index in [0.29, 0.717) is 12.2 Å². The van der Waals surface area contributed by atoms with Gasteiger partial charge in [0.05, 0.1) is 0 Å². The molecule has 0 spiro atoms. The van der Waals surface area contributed by atoms with E-state index in [1.807, 2.05) is 0 Å². The SMILES string of the molecule is CCCn1nccc1C(=O)NCC1(N(C)C)CCOCC1. The molecule has 1 saturated heterocycles. The summed E-state index contributed by atoms with van der Waals surface area (Å²) in [5.74, 6) is -0.0475. The molecule has 6 heteroatoms. The molecule has 0 bridgehead atoms. The number of likely N-dealkylation sites (N-methyl/N-ethyl adjacent to an activating group) is 1. The van der Waals surface area contributed by atoms with Crippen molar-refractivity contribution in [2.24, 2.45) is 0 Å². The van der Waals surface area contributed by atoms with E-state index in [1.165, 1.54) is 0 Å². The van der Waals surface area contributed by atoms with Crippen LogP contribution in [0.1, 0.15) is 36.7 Å². The van der Waals surface area contributed by atoms with Gasteiger partial charge >= 0.3 is 0 Å². The van der Waals surface area contributed by atoms with Crippen molar-refractivity contribution in [2.45, 2.75) is 38.3 Å². The lowest BCUT2D eigenvalue weighted by molar-refractivity contribution is -0.00662. The summed E-state index contributed by atoms with van der Waals surface area (Å²) < 4.78 is 7.22. The first-order valence-electron chi connectivity index (χ1n) is 7.64. The van der Waals surface area contributed by atoms with Crippen molar-refractivity contribution in [3.63, 3.8) is 0 Å².